The van der Waals surface area contributed by atoms with Crippen LogP contribution in [0, 0.1) is 0 Å². The fourth-order valence-electron chi connectivity index (χ4n) is 4.72. The minimum Gasteiger partial charge on any atom is -0.497 e. The van der Waals surface area contributed by atoms with Crippen LogP contribution in [-0.4, -0.2) is 39.5 Å². The van der Waals surface area contributed by atoms with Gasteiger partial charge in [-0.3, -0.25) is 0 Å². The molecule has 5 nitrogen and oxygen atoms in total. The third kappa shape index (κ3) is 5.74. The number of esters is 1. The van der Waals surface area contributed by atoms with E-state index in [1.807, 2.05) is 36.4 Å². The van der Waals surface area contributed by atoms with Gasteiger partial charge in [0.25, 0.3) is 0 Å². The van der Waals surface area contributed by atoms with E-state index in [-0.39, 0.29) is 5.75 Å². The number of benzene rings is 3. The first kappa shape index (κ1) is 26.1. The Hall–Kier alpha value is -3.94. The summed E-state index contributed by atoms with van der Waals surface area (Å²) in [6.07, 6.45) is -0.565. The summed E-state index contributed by atoms with van der Waals surface area (Å²) in [6.45, 7) is 1.48. The summed E-state index contributed by atoms with van der Waals surface area (Å²) in [5.41, 5.74) is 4.41. The molecule has 3 aromatic rings. The summed E-state index contributed by atoms with van der Waals surface area (Å²) in [6, 6.07) is 20.6. The second kappa shape index (κ2) is 10.6. The number of anilines is 1. The normalized spacial score (nSPS) is 17.4. The highest BCUT2D eigenvalue weighted by Gasteiger charge is 2.40. The standard InChI is InChI=1S/C29H28F3NO4/c1-28(22-7-4-20(5-8-22)6-15-27(34)36-3)26-14-13-25(35-2)18-21(26)16-17-33(28)23-9-11-24(12-10-23)37-19-29(30,31)32/h4-15,18H,16-17,19H2,1-3H3/b15-6+. The molecule has 1 aliphatic heterocycles. The largest absolute Gasteiger partial charge is 0.497 e. The van der Waals surface area contributed by atoms with Crippen LogP contribution in [-0.2, 0) is 21.5 Å². The lowest BCUT2D eigenvalue weighted by atomic mass is 9.76. The highest BCUT2D eigenvalue weighted by Crippen LogP contribution is 2.44. The summed E-state index contributed by atoms with van der Waals surface area (Å²) in [5, 5.41) is 0. The van der Waals surface area contributed by atoms with E-state index in [2.05, 4.69) is 22.6 Å². The molecule has 1 unspecified atom stereocenters. The van der Waals surface area contributed by atoms with Crippen LogP contribution >= 0.6 is 0 Å². The van der Waals surface area contributed by atoms with E-state index in [4.69, 9.17) is 9.47 Å². The molecule has 37 heavy (non-hydrogen) atoms. The minimum atomic E-state index is -4.40. The van der Waals surface area contributed by atoms with Gasteiger partial charge in [0.05, 0.1) is 19.8 Å². The predicted octanol–water partition coefficient (Wildman–Crippen LogP) is 6.15. The fourth-order valence-corrected chi connectivity index (χ4v) is 4.72. The Morgan fingerprint density at radius 3 is 2.30 bits per heavy atom. The van der Waals surface area contributed by atoms with E-state index >= 15 is 0 Å². The van der Waals surface area contributed by atoms with Crippen LogP contribution in [0.25, 0.3) is 6.08 Å². The topological polar surface area (TPSA) is 48.0 Å². The van der Waals surface area contributed by atoms with Gasteiger partial charge in [0, 0.05) is 18.3 Å². The van der Waals surface area contributed by atoms with Gasteiger partial charge in [-0.05, 0) is 78.1 Å². The predicted molar refractivity (Wildman–Crippen MR) is 136 cm³/mol. The van der Waals surface area contributed by atoms with Crippen molar-refractivity contribution in [1.29, 1.82) is 0 Å². The molecule has 8 heteroatoms. The number of alkyl halides is 3. The highest BCUT2D eigenvalue weighted by molar-refractivity contribution is 5.86. The maximum Gasteiger partial charge on any atom is 0.422 e. The molecule has 0 fully saturated rings. The molecule has 0 aromatic heterocycles. The Balaban J connectivity index is 1.72. The average molecular weight is 512 g/mol. The molecule has 0 bridgehead atoms. The zero-order valence-corrected chi connectivity index (χ0v) is 20.8. The molecule has 4 rings (SSSR count). The van der Waals surface area contributed by atoms with Gasteiger partial charge < -0.3 is 19.1 Å². The minimum absolute atomic E-state index is 0.159. The van der Waals surface area contributed by atoms with Crippen molar-refractivity contribution in [2.75, 3.05) is 32.3 Å². The van der Waals surface area contributed by atoms with E-state index in [0.717, 1.165) is 40.1 Å². The maximum atomic E-state index is 12.6. The van der Waals surface area contributed by atoms with Crippen LogP contribution in [0.1, 0.15) is 29.2 Å². The van der Waals surface area contributed by atoms with Crippen LogP contribution < -0.4 is 14.4 Å². The second-order valence-electron chi connectivity index (χ2n) is 8.87. The molecule has 0 radical (unpaired) electrons. The number of carbonyl (C=O) groups excluding carboxylic acids is 1. The molecule has 1 aliphatic rings. The van der Waals surface area contributed by atoms with E-state index < -0.39 is 24.3 Å². The molecule has 1 atom stereocenters. The molecular formula is C29H28F3NO4. The van der Waals surface area contributed by atoms with E-state index in [9.17, 15) is 18.0 Å². The maximum absolute atomic E-state index is 12.6. The number of methoxy groups -OCH3 is 2. The molecule has 0 aliphatic carbocycles. The first-order valence-electron chi connectivity index (χ1n) is 11.8. The lowest BCUT2D eigenvalue weighted by Crippen LogP contribution is -2.49. The van der Waals surface area contributed by atoms with Crippen molar-refractivity contribution in [2.24, 2.45) is 0 Å². The number of hydrogen-bond donors (Lipinski definition) is 0. The number of ether oxygens (including phenoxy) is 3. The van der Waals surface area contributed by atoms with Gasteiger partial charge in [-0.25, -0.2) is 4.79 Å². The van der Waals surface area contributed by atoms with Gasteiger partial charge in [0.2, 0.25) is 0 Å². The molecule has 0 saturated carbocycles. The average Bonchev–Trinajstić information content (AvgIpc) is 2.90. The van der Waals surface area contributed by atoms with Crippen molar-refractivity contribution < 1.29 is 32.2 Å². The molecular weight excluding hydrogens is 483 g/mol. The third-order valence-corrected chi connectivity index (χ3v) is 6.62. The van der Waals surface area contributed by atoms with Gasteiger partial charge in [-0.15, -0.1) is 0 Å². The molecule has 1 heterocycles. The van der Waals surface area contributed by atoms with Gasteiger partial charge in [0.1, 0.15) is 11.5 Å². The van der Waals surface area contributed by atoms with Gasteiger partial charge in [0.15, 0.2) is 6.61 Å². The van der Waals surface area contributed by atoms with E-state index in [1.54, 1.807) is 37.5 Å². The zero-order valence-electron chi connectivity index (χ0n) is 20.8. The van der Waals surface area contributed by atoms with Gasteiger partial charge >= 0.3 is 12.1 Å². The monoisotopic (exact) mass is 511 g/mol. The number of hydrogen-bond acceptors (Lipinski definition) is 5. The van der Waals surface area contributed by atoms with Crippen molar-refractivity contribution in [1.82, 2.24) is 0 Å². The highest BCUT2D eigenvalue weighted by atomic mass is 19.4. The Morgan fingerprint density at radius 1 is 1.00 bits per heavy atom. The quantitative estimate of drug-likeness (QED) is 0.281. The van der Waals surface area contributed by atoms with E-state index in [0.29, 0.717) is 6.54 Å². The number of halogens is 3. The Bertz CT molecular complexity index is 1270. The molecule has 194 valence electrons. The molecule has 0 saturated heterocycles. The molecule has 3 aromatic carbocycles. The lowest BCUT2D eigenvalue weighted by molar-refractivity contribution is -0.153. The SMILES string of the molecule is COC(=O)/C=C/c1ccc(C2(C)c3ccc(OC)cc3CCN2c2ccc(OCC(F)(F)F)cc2)cc1. The van der Waals surface area contributed by atoms with E-state index in [1.165, 1.54) is 13.2 Å². The van der Waals surface area contributed by atoms with Gasteiger partial charge in [-0.1, -0.05) is 30.3 Å². The third-order valence-electron chi connectivity index (χ3n) is 6.62. The van der Waals surface area contributed by atoms with Crippen molar-refractivity contribution >= 4 is 17.7 Å². The van der Waals surface area contributed by atoms with Crippen LogP contribution in [0.4, 0.5) is 18.9 Å². The molecule has 0 spiro atoms. The number of carbonyl (C=O) groups is 1. The summed E-state index contributed by atoms with van der Waals surface area (Å²) in [7, 11) is 2.97. The summed E-state index contributed by atoms with van der Waals surface area (Å²) in [5.74, 6) is 0.510. The lowest BCUT2D eigenvalue weighted by Gasteiger charge is -2.48. The summed E-state index contributed by atoms with van der Waals surface area (Å²) in [4.78, 5) is 13.7. The smallest absolute Gasteiger partial charge is 0.422 e. The fraction of sp³-hybridized carbons (Fsp3) is 0.276. The molecule has 0 amide bonds. The molecule has 0 N–H and O–H groups in total. The Morgan fingerprint density at radius 2 is 1.68 bits per heavy atom. The van der Waals surface area contributed by atoms with Crippen molar-refractivity contribution in [2.45, 2.75) is 25.1 Å². The summed E-state index contributed by atoms with van der Waals surface area (Å²) >= 11 is 0. The number of nitrogens with zero attached hydrogens (tertiary/aromatic N) is 1. The first-order chi connectivity index (χ1) is 17.6. The zero-order chi connectivity index (χ0) is 26.6. The Kier molecular flexibility index (Phi) is 7.47. The first-order valence-corrected chi connectivity index (χ1v) is 11.8. The van der Waals surface area contributed by atoms with Crippen molar-refractivity contribution in [3.05, 3.63) is 95.1 Å². The van der Waals surface area contributed by atoms with Crippen LogP contribution in [0.3, 0.4) is 0 Å². The van der Waals surface area contributed by atoms with Crippen LogP contribution in [0.2, 0.25) is 0 Å². The van der Waals surface area contributed by atoms with Crippen LogP contribution in [0.15, 0.2) is 72.8 Å². The number of fused-ring (bicyclic) bond motifs is 1. The van der Waals surface area contributed by atoms with Crippen LogP contribution in [0.5, 0.6) is 11.5 Å². The second-order valence-corrected chi connectivity index (χ2v) is 8.87. The Labute approximate surface area is 214 Å². The van der Waals surface area contributed by atoms with Crippen molar-refractivity contribution in [3.63, 3.8) is 0 Å². The number of rotatable bonds is 7. The van der Waals surface area contributed by atoms with Gasteiger partial charge in [-0.2, -0.15) is 13.2 Å². The summed E-state index contributed by atoms with van der Waals surface area (Å²) < 4.78 is 52.7. The van der Waals surface area contributed by atoms with Crippen molar-refractivity contribution in [3.8, 4) is 11.5 Å².